The molecule has 8 amide bonds. The van der Waals surface area contributed by atoms with Gasteiger partial charge in [0, 0.05) is 0 Å². The molecule has 0 fully saturated rings. The lowest BCUT2D eigenvalue weighted by atomic mass is 10.2. The van der Waals surface area contributed by atoms with Crippen LogP contribution in [0, 0.1) is 54.3 Å². The van der Waals surface area contributed by atoms with Crippen molar-refractivity contribution in [2.24, 2.45) is 45.9 Å². The van der Waals surface area contributed by atoms with Gasteiger partial charge in [0.2, 0.25) is 47.3 Å². The van der Waals surface area contributed by atoms with Gasteiger partial charge < -0.3 is 126 Å². The summed E-state index contributed by atoms with van der Waals surface area (Å²) in [5.41, 5.74) is 56.7. The number of fused-ring (bicyclic) bond motifs is 8. The Bertz CT molecular complexity index is 4560. The average molecular weight is 1610 g/mol. The molecule has 0 saturated heterocycles. The molecule has 0 saturated carbocycles. The van der Waals surface area contributed by atoms with E-state index >= 15 is 0 Å². The van der Waals surface area contributed by atoms with Crippen molar-refractivity contribution in [2.45, 2.75) is 96.8 Å². The number of carbonyl (C=O) groups is 8. The number of nitrogens with two attached hydrogens (primary N) is 8. The second kappa shape index (κ2) is 41.8. The molecule has 0 unspecified atom stereocenters. The van der Waals surface area contributed by atoms with Crippen molar-refractivity contribution in [1.29, 1.82) is 0 Å². The van der Waals surface area contributed by atoms with Crippen molar-refractivity contribution in [3.63, 3.8) is 0 Å². The van der Waals surface area contributed by atoms with Gasteiger partial charge in [0.05, 0.1) is 39.8 Å². The maximum atomic E-state index is 13.2. The van der Waals surface area contributed by atoms with Gasteiger partial charge >= 0.3 is 11.6 Å². The topological polar surface area (TPSA) is 549 Å². The maximum Gasteiger partial charge on any atom is 0.335 e. The van der Waals surface area contributed by atoms with E-state index in [9.17, 15) is 42.7 Å². The van der Waals surface area contributed by atoms with E-state index in [-0.39, 0.29) is 99.9 Å². The van der Waals surface area contributed by atoms with E-state index in [1.54, 1.807) is 12.1 Å². The van der Waals surface area contributed by atoms with Crippen LogP contribution in [0.25, 0.3) is 0 Å². The van der Waals surface area contributed by atoms with Crippen LogP contribution < -0.4 is 126 Å². The van der Waals surface area contributed by atoms with Crippen LogP contribution >= 0.6 is 0 Å². The third-order valence-electron chi connectivity index (χ3n) is 17.2. The Morgan fingerprint density at radius 1 is 0.278 bits per heavy atom. The van der Waals surface area contributed by atoms with Gasteiger partial charge in [0.25, 0.3) is 0 Å². The molecule has 0 aliphatic carbocycles. The molecular weight excluding hydrogens is 1510 g/mol. The van der Waals surface area contributed by atoms with Crippen LogP contribution in [0.3, 0.4) is 0 Å². The van der Waals surface area contributed by atoms with Gasteiger partial charge in [-0.25, -0.2) is 4.39 Å². The molecule has 0 radical (unpaired) electrons. The highest BCUT2D eigenvalue weighted by molar-refractivity contribution is 7.51. The number of carbonyl (C=O) groups excluding carboxylic acids is 8. The minimum Gasteiger partial charge on any atom is -0.489 e. The molecule has 8 aromatic rings. The van der Waals surface area contributed by atoms with Crippen molar-refractivity contribution >= 4 is 104 Å². The van der Waals surface area contributed by atoms with Crippen LogP contribution in [0.4, 0.5) is 49.9 Å². The number of benzene rings is 8. The number of hydrogen-bond donors (Lipinski definition) is 16. The van der Waals surface area contributed by atoms with Gasteiger partial charge in [-0.1, -0.05) is 60.7 Å². The summed E-state index contributed by atoms with van der Waals surface area (Å²) in [4.78, 5) is 90.8. The molecule has 8 atom stereocenters. The summed E-state index contributed by atoms with van der Waals surface area (Å²) in [6.07, 6.45) is 0. The van der Waals surface area contributed by atoms with Crippen LogP contribution in [0.15, 0.2) is 146 Å². The average Bonchev–Trinajstić information content (AvgIpc) is 1.76. The number of hydrogen-bond acceptors (Lipinski definition) is 26. The lowest BCUT2D eigenvalue weighted by Crippen LogP contribution is -2.38. The summed E-state index contributed by atoms with van der Waals surface area (Å²) in [5, 5.41) is 21.4. The number of anilines is 8. The summed E-state index contributed by atoms with van der Waals surface area (Å²) >= 11 is -0.750. The molecule has 610 valence electrons. The Balaban J connectivity index is 0.000000163. The van der Waals surface area contributed by atoms with Gasteiger partial charge in [0.15, 0.2) is 5.82 Å². The molecule has 24 N–H and O–H groups in total. The second-order valence-electron chi connectivity index (χ2n) is 26.8. The maximum absolute atomic E-state index is 13.2. The molecule has 16 rings (SSSR count). The minimum absolute atomic E-state index is 0.0578. The molecular formula is C79H93FN16O18S. The summed E-state index contributed by atoms with van der Waals surface area (Å²) in [7, 11) is 0. The largest absolute Gasteiger partial charge is 0.489 e. The first-order valence-corrected chi connectivity index (χ1v) is 36.4. The number of nitrogens with one attached hydrogen (secondary N) is 8. The van der Waals surface area contributed by atoms with Crippen molar-refractivity contribution in [1.82, 2.24) is 0 Å². The van der Waals surface area contributed by atoms with Crippen LogP contribution in [0.1, 0.15) is 38.9 Å². The van der Waals surface area contributed by atoms with Crippen LogP contribution in [0.2, 0.25) is 0 Å². The Morgan fingerprint density at radius 3 is 0.913 bits per heavy atom. The number of halogens is 1. The highest BCUT2D eigenvalue weighted by Gasteiger charge is 2.29. The summed E-state index contributed by atoms with van der Waals surface area (Å²) < 4.78 is 72.8. The second-order valence-corrected chi connectivity index (χ2v) is 27.0. The van der Waals surface area contributed by atoms with Crippen LogP contribution in [-0.4, -0.2) is 157 Å². The molecule has 8 aliphatic rings. The van der Waals surface area contributed by atoms with Gasteiger partial charge in [-0.2, -0.15) is 8.42 Å². The van der Waals surface area contributed by atoms with E-state index in [1.165, 1.54) is 12.1 Å². The smallest absolute Gasteiger partial charge is 0.335 e. The van der Waals surface area contributed by atoms with E-state index in [0.717, 1.165) is 44.6 Å². The highest BCUT2D eigenvalue weighted by Crippen LogP contribution is 2.35. The lowest BCUT2D eigenvalue weighted by molar-refractivity contribution is -0.118. The first-order chi connectivity index (χ1) is 54.8. The van der Waals surface area contributed by atoms with Crippen molar-refractivity contribution in [3.8, 4) is 46.0 Å². The van der Waals surface area contributed by atoms with Crippen LogP contribution in [0.5, 0.6) is 46.0 Å². The first kappa shape index (κ1) is 87.9. The van der Waals surface area contributed by atoms with Crippen molar-refractivity contribution < 1.29 is 89.1 Å². The number of amides is 8. The Labute approximate surface area is 664 Å². The fourth-order valence-corrected chi connectivity index (χ4v) is 10.7. The Hall–Kier alpha value is -12.7. The van der Waals surface area contributed by atoms with Crippen molar-refractivity contribution in [2.75, 3.05) is 95.4 Å². The van der Waals surface area contributed by atoms with Crippen LogP contribution in [-0.2, 0) is 49.9 Å². The number of aryl methyl sites for hydroxylation is 7. The zero-order chi connectivity index (χ0) is 83.7. The SMILES string of the molecule is Cc1ccc2c(c1)NC(=O)[C@@H](N)CO2.Cc1ccc2c(c1)NC(=O)[C@@H](N)CO2.Cc1ccc2c(c1)NC(=O)[C@@H](N)CO2.Cc1ccc2c(c1)OC[C@H](N)C(=O)N2.Cc1ccc2c(c1)OC[C@H](N)C(=O)N2.Cc1cccc2c1NC(=O)[C@@H](N)CO2.Cc1cccc2c1OC[C@H](N)C(=O)N2.N[C@H]1COc2cccc(F)c2NC1=O.O=S=O. The molecule has 36 heteroatoms. The summed E-state index contributed by atoms with van der Waals surface area (Å²) in [5.74, 6) is 2.76. The van der Waals surface area contributed by atoms with Gasteiger partial charge in [-0.05, 0) is 172 Å². The number of ether oxygens (including phenoxy) is 8. The number of para-hydroxylation sites is 3. The van der Waals surface area contributed by atoms with E-state index < -0.39 is 71.6 Å². The Morgan fingerprint density at radius 2 is 0.539 bits per heavy atom. The third kappa shape index (κ3) is 25.4. The van der Waals surface area contributed by atoms with Gasteiger partial charge in [0.1, 0.15) is 153 Å². The molecule has 0 aromatic heterocycles. The van der Waals surface area contributed by atoms with E-state index in [0.29, 0.717) is 80.1 Å². The van der Waals surface area contributed by atoms with E-state index in [2.05, 4.69) is 42.5 Å². The number of rotatable bonds is 0. The zero-order valence-electron chi connectivity index (χ0n) is 63.9. The normalized spacial score (nSPS) is 20.0. The van der Waals surface area contributed by atoms with Crippen molar-refractivity contribution in [3.05, 3.63) is 190 Å². The molecule has 115 heavy (non-hydrogen) atoms. The predicted octanol–water partition coefficient (Wildman–Crippen LogP) is 4.39. The molecule has 34 nitrogen and oxygen atoms in total. The van der Waals surface area contributed by atoms with Gasteiger partial charge in [-0.3, -0.25) is 38.4 Å². The highest BCUT2D eigenvalue weighted by atomic mass is 32.1. The first-order valence-electron chi connectivity index (χ1n) is 35.8. The molecule has 0 spiro atoms. The molecule has 8 aliphatic heterocycles. The third-order valence-corrected chi connectivity index (χ3v) is 17.2. The lowest BCUT2D eigenvalue weighted by Gasteiger charge is -2.08. The van der Waals surface area contributed by atoms with Gasteiger partial charge in [-0.15, -0.1) is 0 Å². The monoisotopic (exact) mass is 1600 g/mol. The fraction of sp³-hybridized carbons (Fsp3) is 0.291. The summed E-state index contributed by atoms with van der Waals surface area (Å²) in [6.45, 7) is 15.3. The predicted molar refractivity (Wildman–Crippen MR) is 430 cm³/mol. The fourth-order valence-electron chi connectivity index (χ4n) is 10.7. The standard InChI is InChI=1S/7C10H12N2O2.C9H9FN2O2.O2S/c3*1-6-2-3-9-8(4-6)12-10(13)7(11)5-14-9;2*1-6-2-3-8-9(4-6)14-5-7(11)10(13)12-8;1-6-3-2-4-8-9(6)12-10(13)7(11)5-14-8;1-6-3-2-4-8-9(6)14-5-7(11)10(13)12-8;10-5-2-1-3-7-8(5)12-9(13)6(11)4-14-7;1-3-2/h7*2-4,7H,5,11H2,1H3,(H,12,13);1-3,6H,4,11H2,(H,12,13);/t7*7-;6-;/m00000000./s1. The Kier molecular flexibility index (Phi) is 31.9. The quantitative estimate of drug-likeness (QED) is 0.100. The molecule has 8 heterocycles. The molecule has 8 aromatic carbocycles. The van der Waals surface area contributed by atoms with E-state index in [4.69, 9.17) is 92.2 Å². The summed E-state index contributed by atoms with van der Waals surface area (Å²) in [6, 6.07) is 38.8. The zero-order valence-corrected chi connectivity index (χ0v) is 64.7. The minimum atomic E-state index is -0.762. The van der Waals surface area contributed by atoms with E-state index in [1.807, 2.05) is 170 Å². The molecule has 0 bridgehead atoms.